The Morgan fingerprint density at radius 3 is 1.22 bits per heavy atom. The predicted molar refractivity (Wildman–Crippen MR) is 164 cm³/mol. The first-order valence-corrected chi connectivity index (χ1v) is 15.7. The van der Waals surface area contributed by atoms with Crippen LogP contribution in [0.1, 0.15) is 108 Å². The third-order valence-electron chi connectivity index (χ3n) is 7.66. The lowest BCUT2D eigenvalue weighted by Crippen LogP contribution is -2.05. The van der Waals surface area contributed by atoms with Gasteiger partial charge in [0, 0.05) is 11.8 Å². The van der Waals surface area contributed by atoms with E-state index in [0.717, 1.165) is 77.8 Å². The van der Waals surface area contributed by atoms with E-state index in [1.165, 1.54) is 11.1 Å². The molecule has 0 saturated carbocycles. The average Bonchev–Trinajstić information content (AvgIpc) is 3.43. The van der Waals surface area contributed by atoms with Crippen LogP contribution >= 0.6 is 0 Å². The number of allylic oxidation sites excluding steroid dienone is 2. The van der Waals surface area contributed by atoms with E-state index < -0.39 is 0 Å². The Morgan fingerprint density at radius 1 is 0.463 bits per heavy atom. The van der Waals surface area contributed by atoms with Crippen LogP contribution in [0.2, 0.25) is 0 Å². The normalized spacial score (nSPS) is 17.4. The van der Waals surface area contributed by atoms with Gasteiger partial charge in [0.1, 0.15) is 23.0 Å². The quantitative estimate of drug-likeness (QED) is 0.169. The highest BCUT2D eigenvalue weighted by Crippen LogP contribution is 2.51. The molecule has 0 amide bonds. The van der Waals surface area contributed by atoms with Gasteiger partial charge in [-0.3, -0.25) is 0 Å². The molecule has 0 aliphatic heterocycles. The van der Waals surface area contributed by atoms with E-state index in [-0.39, 0.29) is 11.8 Å². The standard InChI is InChI=1S/C35H48O6/c1-7-36-28-22-16-20-24-26(32(38-9-3)34(30(24)28)40-11-5)18-14-13-15-19-27-25-21-17-23-29(37-8-2)31(25)35(41-12-6)33(27)39-10-4/h16-17,20-23,26-27H,7-15,18-19H2,1-6H3. The topological polar surface area (TPSA) is 55.4 Å². The fourth-order valence-corrected chi connectivity index (χ4v) is 6.23. The number of ether oxygens (including phenoxy) is 6. The van der Waals surface area contributed by atoms with Crippen molar-refractivity contribution in [2.24, 2.45) is 0 Å². The van der Waals surface area contributed by atoms with Gasteiger partial charge in [0.25, 0.3) is 0 Å². The molecule has 0 spiro atoms. The molecule has 0 N–H and O–H groups in total. The summed E-state index contributed by atoms with van der Waals surface area (Å²) < 4.78 is 36.8. The molecule has 0 aromatic heterocycles. The molecule has 0 heterocycles. The second-order valence-electron chi connectivity index (χ2n) is 10.2. The van der Waals surface area contributed by atoms with Crippen LogP contribution in [-0.2, 0) is 18.9 Å². The molecule has 0 saturated heterocycles. The third kappa shape index (κ3) is 6.47. The van der Waals surface area contributed by atoms with Crippen molar-refractivity contribution in [1.82, 2.24) is 0 Å². The Balaban J connectivity index is 1.49. The molecule has 2 aliphatic carbocycles. The molecule has 6 nitrogen and oxygen atoms in total. The van der Waals surface area contributed by atoms with Gasteiger partial charge in [-0.05, 0) is 77.6 Å². The van der Waals surface area contributed by atoms with E-state index in [2.05, 4.69) is 24.3 Å². The smallest absolute Gasteiger partial charge is 0.168 e. The van der Waals surface area contributed by atoms with Crippen molar-refractivity contribution in [3.05, 3.63) is 70.2 Å². The first-order chi connectivity index (χ1) is 20.1. The largest absolute Gasteiger partial charge is 0.494 e. The van der Waals surface area contributed by atoms with Crippen molar-refractivity contribution in [1.29, 1.82) is 0 Å². The molecule has 0 bridgehead atoms. The molecule has 2 aromatic carbocycles. The number of unbranched alkanes of at least 4 members (excludes halogenated alkanes) is 2. The molecule has 2 atom stereocenters. The minimum atomic E-state index is 0.177. The summed E-state index contributed by atoms with van der Waals surface area (Å²) in [6, 6.07) is 12.6. The molecule has 0 fully saturated rings. The van der Waals surface area contributed by atoms with E-state index in [0.29, 0.717) is 39.6 Å². The zero-order chi connectivity index (χ0) is 29.2. The maximum atomic E-state index is 6.23. The van der Waals surface area contributed by atoms with Crippen LogP contribution in [-0.4, -0.2) is 39.6 Å². The van der Waals surface area contributed by atoms with Crippen molar-refractivity contribution >= 4 is 11.5 Å². The molecule has 224 valence electrons. The molecule has 2 aromatic rings. The molecular formula is C35H48O6. The highest BCUT2D eigenvalue weighted by atomic mass is 16.5. The first kappa shape index (κ1) is 30.7. The summed E-state index contributed by atoms with van der Waals surface area (Å²) in [5.74, 6) is 5.70. The van der Waals surface area contributed by atoms with E-state index in [9.17, 15) is 0 Å². The Bertz CT molecular complexity index is 1120. The first-order valence-electron chi connectivity index (χ1n) is 15.7. The van der Waals surface area contributed by atoms with Gasteiger partial charge >= 0.3 is 0 Å². The van der Waals surface area contributed by atoms with Gasteiger partial charge < -0.3 is 28.4 Å². The minimum absolute atomic E-state index is 0.177. The summed E-state index contributed by atoms with van der Waals surface area (Å²) in [7, 11) is 0. The van der Waals surface area contributed by atoms with E-state index in [1.54, 1.807) is 0 Å². The highest BCUT2D eigenvalue weighted by molar-refractivity contribution is 5.78. The third-order valence-corrected chi connectivity index (χ3v) is 7.66. The van der Waals surface area contributed by atoms with Gasteiger partial charge in [0.2, 0.25) is 0 Å². The second kappa shape index (κ2) is 15.1. The Hall–Kier alpha value is -3.28. The Morgan fingerprint density at radius 2 is 0.854 bits per heavy atom. The van der Waals surface area contributed by atoms with Gasteiger partial charge in [-0.2, -0.15) is 0 Å². The van der Waals surface area contributed by atoms with Gasteiger partial charge in [0.15, 0.2) is 11.5 Å². The van der Waals surface area contributed by atoms with Crippen LogP contribution in [0, 0.1) is 0 Å². The summed E-state index contributed by atoms with van der Waals surface area (Å²) in [6.45, 7) is 15.8. The molecule has 4 rings (SSSR count). The van der Waals surface area contributed by atoms with Gasteiger partial charge in [-0.15, -0.1) is 0 Å². The molecule has 0 radical (unpaired) electrons. The van der Waals surface area contributed by atoms with Crippen molar-refractivity contribution in [3.8, 4) is 11.5 Å². The van der Waals surface area contributed by atoms with Gasteiger partial charge in [-0.25, -0.2) is 0 Å². The number of hydrogen-bond acceptors (Lipinski definition) is 6. The Labute approximate surface area is 246 Å². The van der Waals surface area contributed by atoms with Crippen molar-refractivity contribution in [3.63, 3.8) is 0 Å². The maximum Gasteiger partial charge on any atom is 0.168 e. The van der Waals surface area contributed by atoms with Crippen molar-refractivity contribution in [2.45, 2.75) is 85.5 Å². The lowest BCUT2D eigenvalue weighted by atomic mass is 9.91. The van der Waals surface area contributed by atoms with E-state index in [4.69, 9.17) is 28.4 Å². The maximum absolute atomic E-state index is 6.23. The average molecular weight is 565 g/mol. The van der Waals surface area contributed by atoms with Gasteiger partial charge in [-0.1, -0.05) is 43.5 Å². The summed E-state index contributed by atoms with van der Waals surface area (Å²) in [5, 5.41) is 0. The molecule has 2 aliphatic rings. The van der Waals surface area contributed by atoms with Crippen molar-refractivity contribution in [2.75, 3.05) is 39.6 Å². The van der Waals surface area contributed by atoms with Crippen molar-refractivity contribution < 1.29 is 28.4 Å². The Kier molecular flexibility index (Phi) is 11.3. The zero-order valence-corrected chi connectivity index (χ0v) is 25.8. The minimum Gasteiger partial charge on any atom is -0.494 e. The second-order valence-corrected chi connectivity index (χ2v) is 10.2. The molecular weight excluding hydrogens is 516 g/mol. The fraction of sp³-hybridized carbons (Fsp3) is 0.543. The number of rotatable bonds is 18. The highest BCUT2D eigenvalue weighted by Gasteiger charge is 2.38. The number of hydrogen-bond donors (Lipinski definition) is 0. The lowest BCUT2D eigenvalue weighted by Gasteiger charge is -2.18. The summed E-state index contributed by atoms with van der Waals surface area (Å²) in [4.78, 5) is 0. The fourth-order valence-electron chi connectivity index (χ4n) is 6.23. The van der Waals surface area contributed by atoms with Gasteiger partial charge in [0.05, 0.1) is 50.8 Å². The van der Waals surface area contributed by atoms with Crippen LogP contribution in [0.3, 0.4) is 0 Å². The number of fused-ring (bicyclic) bond motifs is 2. The number of benzene rings is 2. The van der Waals surface area contributed by atoms with Crippen LogP contribution in [0.15, 0.2) is 47.9 Å². The van der Waals surface area contributed by atoms with E-state index >= 15 is 0 Å². The summed E-state index contributed by atoms with van der Waals surface area (Å²) in [5.41, 5.74) is 4.62. The lowest BCUT2D eigenvalue weighted by molar-refractivity contribution is 0.189. The molecule has 6 heteroatoms. The predicted octanol–water partition coefficient (Wildman–Crippen LogP) is 8.81. The SMILES string of the molecule is CCOC1=C(OCC)C(CCCCCC2C(OCC)=C(OCC)c3c(OCC)cccc32)c2cccc(OCC)c21. The summed E-state index contributed by atoms with van der Waals surface area (Å²) in [6.07, 6.45) is 5.29. The molecule has 2 unspecified atom stereocenters. The zero-order valence-electron chi connectivity index (χ0n) is 25.8. The monoisotopic (exact) mass is 564 g/mol. The summed E-state index contributed by atoms with van der Waals surface area (Å²) >= 11 is 0. The van der Waals surface area contributed by atoms with Crippen LogP contribution < -0.4 is 9.47 Å². The van der Waals surface area contributed by atoms with E-state index in [1.807, 2.05) is 53.7 Å². The van der Waals surface area contributed by atoms with Crippen LogP contribution in [0.4, 0.5) is 0 Å². The van der Waals surface area contributed by atoms with Crippen LogP contribution in [0.25, 0.3) is 11.5 Å². The van der Waals surface area contributed by atoms with Crippen LogP contribution in [0.5, 0.6) is 11.5 Å². The molecule has 41 heavy (non-hydrogen) atoms.